The predicted molar refractivity (Wildman–Crippen MR) is 573 cm³/mol. The van der Waals surface area contributed by atoms with Crippen LogP contribution in [0.1, 0.15) is 358 Å². The van der Waals surface area contributed by atoms with Gasteiger partial charge in [-0.25, -0.2) is 61.8 Å². The molecule has 816 valence electrons. The van der Waals surface area contributed by atoms with Crippen molar-refractivity contribution in [3.05, 3.63) is 108 Å². The zero-order valence-corrected chi connectivity index (χ0v) is 91.5. The van der Waals surface area contributed by atoms with Gasteiger partial charge in [-0.1, -0.05) is 90.9 Å². The molecule has 8 aliphatic rings. The van der Waals surface area contributed by atoms with Gasteiger partial charge in [-0.3, -0.25) is 38.4 Å². The summed E-state index contributed by atoms with van der Waals surface area (Å²) in [5.41, 5.74) is 0.684. The van der Waals surface area contributed by atoms with Gasteiger partial charge in [0.25, 0.3) is 47.3 Å². The summed E-state index contributed by atoms with van der Waals surface area (Å²) < 4.78 is 76.0. The molecule has 0 spiro atoms. The number of piperidine rings is 4. The van der Waals surface area contributed by atoms with Crippen molar-refractivity contribution in [2.24, 2.45) is 0 Å². The Kier molecular flexibility index (Phi) is 40.6. The van der Waals surface area contributed by atoms with E-state index in [9.17, 15) is 81.6 Å². The van der Waals surface area contributed by atoms with Gasteiger partial charge in [0.2, 0.25) is 0 Å². The second-order valence-electron chi connectivity index (χ2n) is 43.2. The number of carbonyl (C=O) groups is 8. The number of nitriles is 1. The van der Waals surface area contributed by atoms with Gasteiger partial charge in [-0.05, 0) is 207 Å². The van der Waals surface area contributed by atoms with E-state index in [-0.39, 0.29) is 175 Å². The molecule has 8 aromatic heterocycles. The van der Waals surface area contributed by atoms with E-state index in [1.54, 1.807) is 116 Å². The number of hydrogen-bond acceptors (Lipinski definition) is 30. The number of halogens is 5. The molecule has 0 aromatic carbocycles. The molecule has 34 nitrogen and oxygen atoms in total. The lowest BCUT2D eigenvalue weighted by molar-refractivity contribution is 0.0652. The average Bonchev–Trinajstić information content (AvgIpc) is 1.56. The Morgan fingerprint density at radius 1 is 0.400 bits per heavy atom. The van der Waals surface area contributed by atoms with Gasteiger partial charge < -0.3 is 87.3 Å². The minimum Gasteiger partial charge on any atom is -0.493 e. The summed E-state index contributed by atoms with van der Waals surface area (Å²) in [6.45, 7) is 22.6. The van der Waals surface area contributed by atoms with E-state index in [4.69, 9.17) is 9.72 Å². The number of aromatic nitrogens is 8. The Bertz CT molecular complexity index is 6030. The van der Waals surface area contributed by atoms with Crippen molar-refractivity contribution in [3.63, 3.8) is 0 Å². The number of anilines is 4. The molecule has 4 aliphatic carbocycles. The number of nitrogens with one attached hydrogen (secondary N) is 8. The monoisotopic (exact) mass is 2160 g/mol. The maximum Gasteiger partial charge on any atom is 0.280 e. The smallest absolute Gasteiger partial charge is 0.280 e. The van der Waals surface area contributed by atoms with E-state index in [2.05, 4.69) is 97.3 Å². The van der Waals surface area contributed by atoms with Crippen LogP contribution in [0.5, 0.6) is 5.75 Å². The number of pyridine rings is 4. The molecular weight excluding hydrogens is 2010 g/mol. The first-order valence-electron chi connectivity index (χ1n) is 52.7. The molecule has 8 fully saturated rings. The summed E-state index contributed by atoms with van der Waals surface area (Å²) in [6, 6.07) is 7.29. The number of carbonyl (C=O) groups excluding carboxylic acids is 8. The van der Waals surface area contributed by atoms with Gasteiger partial charge in [-0.2, -0.15) is 5.26 Å². The standard InChI is InChI=1S/C28H40FN5O3S.C27H35FN6O3S.C26H35F2N5O3S.C26H36FN5O4S/c1-17(2)20-14-22(32-19-8-6-5-7-9-19)30-15-21(20)24-23(27(36)34-12-10-18(29)11-13-34)33-26(38-24)25(35)31-16-28(3,4)37;1-16-19(13-29)23(32-18-7-5-4-6-8-18)30-14-20(16)22-21(26(36)34-11-9-17(28)10-12-34)33-25(38-22)24(35)31-15-27(2,3)37;1-15-18(13-29-22(19(15)28)31-17-7-5-4-6-8-17)21-20(25(35)33-11-9-16(27)10-12-33)32-24(37-21)23(34)30-14-26(2,3)36;1-26(2,35)15-29-23(33)24-31-20(25(34)32-11-9-17(27)10-12-32)21(37-24)16-13-19(36-3)22(28-14-16)30-18-7-5-4-6-8-18/h14-15,17-19,37H,5-13,16H2,1-4H3,(H,30,32)(H,31,35);14,17-18,37H,4-12,15H2,1-3H3,(H,30,32)(H,31,35);13,16-17,36H,4-12,14H2,1-3H3,(H,29,31)(H,30,34);13-14,17-18,35H,4-12,15H2,1-3H3,(H,28,30)(H,29,33). The quantitative estimate of drug-likeness (QED) is 0.0186. The predicted octanol–water partition coefficient (Wildman–Crippen LogP) is 17.9. The third-order valence-electron chi connectivity index (χ3n) is 27.8. The molecule has 12 N–H and O–H groups in total. The number of thiazole rings is 4. The third-order valence-corrected chi connectivity index (χ3v) is 32.2. The zero-order valence-electron chi connectivity index (χ0n) is 88.2. The minimum atomic E-state index is -1.13. The molecule has 150 heavy (non-hydrogen) atoms. The van der Waals surface area contributed by atoms with Crippen molar-refractivity contribution in [1.29, 1.82) is 5.26 Å². The number of aliphatic hydroxyl groups is 4. The lowest BCUT2D eigenvalue weighted by atomic mass is 9.94. The fraction of sp³-hybridized carbons (Fsp3) is 0.617. The van der Waals surface area contributed by atoms with Crippen LogP contribution in [0.3, 0.4) is 0 Å². The third kappa shape index (κ3) is 32.0. The first kappa shape index (κ1) is 116. The summed E-state index contributed by atoms with van der Waals surface area (Å²) >= 11 is 4.25. The van der Waals surface area contributed by atoms with Crippen LogP contribution >= 0.6 is 45.3 Å². The van der Waals surface area contributed by atoms with Crippen LogP contribution < -0.4 is 47.3 Å². The number of nitrogens with zero attached hydrogens (tertiary/aromatic N) is 13. The maximum absolute atomic E-state index is 15.5. The molecule has 8 amide bonds. The fourth-order valence-electron chi connectivity index (χ4n) is 19.1. The Labute approximate surface area is 890 Å². The molecule has 0 unspecified atom stereocenters. The first-order chi connectivity index (χ1) is 71.3. The highest BCUT2D eigenvalue weighted by atomic mass is 32.1. The van der Waals surface area contributed by atoms with Crippen molar-refractivity contribution in [2.45, 2.75) is 340 Å². The minimum absolute atomic E-state index is 0.00867. The number of rotatable bonds is 30. The van der Waals surface area contributed by atoms with Crippen LogP contribution in [0.4, 0.5) is 45.2 Å². The van der Waals surface area contributed by atoms with E-state index in [0.29, 0.717) is 121 Å². The molecular formula is C107H146F5N21O13S4. The molecule has 0 radical (unpaired) electrons. The van der Waals surface area contributed by atoms with E-state index >= 15 is 4.39 Å². The number of alkyl halides is 4. The summed E-state index contributed by atoms with van der Waals surface area (Å²) in [5.74, 6) is -1.11. The van der Waals surface area contributed by atoms with Crippen molar-refractivity contribution in [1.82, 2.24) is 80.7 Å². The van der Waals surface area contributed by atoms with E-state index in [1.807, 2.05) is 6.07 Å². The van der Waals surface area contributed by atoms with Crippen molar-refractivity contribution >= 4 is 116 Å². The van der Waals surface area contributed by atoms with Crippen LogP contribution in [-0.4, -0.2) is 284 Å². The SMILES string of the molecule is CC(C)c1cc(NC2CCCCC2)ncc1-c1sc(C(=O)NCC(C)(C)O)nc1C(=O)N1CCC(F)CC1.COc1cc(-c2sc(C(=O)NCC(C)(C)O)nc2C(=O)N2CCC(F)CC2)cnc1NC1CCCCC1.Cc1c(-c2sc(C(=O)NCC(C)(C)O)nc2C(=O)N2CCC(F)CC2)cnc(NC2CCCCC2)c1C#N.Cc1c(-c2sc(C(=O)NCC(C)(C)O)nc2C(=O)N2CCC(F)CC2)cnc(NC2CCCCC2)c1F. The molecule has 43 heteroatoms. The Hall–Kier alpha value is -11.1. The summed E-state index contributed by atoms with van der Waals surface area (Å²) in [4.78, 5) is 149. The van der Waals surface area contributed by atoms with Gasteiger partial charge in [-0.15, -0.1) is 45.3 Å². The van der Waals surface area contributed by atoms with Crippen molar-refractivity contribution in [2.75, 3.05) is 107 Å². The lowest BCUT2D eigenvalue weighted by Gasteiger charge is -2.28. The second kappa shape index (κ2) is 52.5. The van der Waals surface area contributed by atoms with Gasteiger partial charge in [0.05, 0.1) is 54.6 Å². The van der Waals surface area contributed by atoms with Crippen LogP contribution in [0.15, 0.2) is 36.9 Å². The van der Waals surface area contributed by atoms with Crippen LogP contribution in [0.2, 0.25) is 0 Å². The highest BCUT2D eigenvalue weighted by Crippen LogP contribution is 2.44. The van der Waals surface area contributed by atoms with E-state index in [1.165, 1.54) is 62.5 Å². The van der Waals surface area contributed by atoms with Crippen LogP contribution in [0.25, 0.3) is 41.8 Å². The summed E-state index contributed by atoms with van der Waals surface area (Å²) in [5, 5.41) is 74.7. The molecule has 12 heterocycles. The highest BCUT2D eigenvalue weighted by molar-refractivity contribution is 7.18. The topological polar surface area (TPSA) is 463 Å². The number of methoxy groups -OCH3 is 1. The number of amides is 8. The van der Waals surface area contributed by atoms with E-state index < -0.39 is 82.4 Å². The Balaban J connectivity index is 0.000000167. The Morgan fingerprint density at radius 3 is 1.01 bits per heavy atom. The highest BCUT2D eigenvalue weighted by Gasteiger charge is 2.39. The summed E-state index contributed by atoms with van der Waals surface area (Å²) in [7, 11) is 1.57. The normalized spacial score (nSPS) is 17.5. The molecule has 8 aromatic rings. The fourth-order valence-corrected chi connectivity index (χ4v) is 23.1. The van der Waals surface area contributed by atoms with Gasteiger partial charge in [0.15, 0.2) is 43.2 Å². The largest absolute Gasteiger partial charge is 0.493 e. The lowest BCUT2D eigenvalue weighted by Crippen LogP contribution is -2.39. The van der Waals surface area contributed by atoms with Crippen molar-refractivity contribution < 1.29 is 85.5 Å². The van der Waals surface area contributed by atoms with Crippen molar-refractivity contribution in [3.8, 4) is 53.6 Å². The van der Waals surface area contributed by atoms with Crippen LogP contribution in [0, 0.1) is 31.0 Å². The summed E-state index contributed by atoms with van der Waals surface area (Å²) in [6.07, 6.45) is 27.6. The molecule has 0 atom stereocenters. The molecule has 4 saturated carbocycles. The molecule has 4 saturated heterocycles. The molecule has 0 bridgehead atoms. The van der Waals surface area contributed by atoms with E-state index in [0.717, 1.165) is 139 Å². The number of ether oxygens (including phenoxy) is 1. The zero-order chi connectivity index (χ0) is 108. The van der Waals surface area contributed by atoms with Gasteiger partial charge >= 0.3 is 0 Å². The molecule has 4 aliphatic heterocycles. The van der Waals surface area contributed by atoms with Gasteiger partial charge in [0, 0.05) is 150 Å². The second-order valence-corrected chi connectivity index (χ2v) is 47.2. The Morgan fingerprint density at radius 2 is 0.687 bits per heavy atom. The number of likely N-dealkylation sites (tertiary alicyclic amines) is 4. The van der Waals surface area contributed by atoms with Crippen LogP contribution in [-0.2, 0) is 0 Å². The van der Waals surface area contributed by atoms with Gasteiger partial charge in [0.1, 0.15) is 65.2 Å². The average molecular weight is 2160 g/mol. The first-order valence-corrected chi connectivity index (χ1v) is 56.0. The number of hydrogen-bond donors (Lipinski definition) is 12. The maximum atomic E-state index is 15.5. The molecule has 16 rings (SSSR count).